The maximum Gasteiger partial charge on any atom is 0.228 e. The Morgan fingerprint density at radius 1 is 1.13 bits per heavy atom. The summed E-state index contributed by atoms with van der Waals surface area (Å²) in [5.41, 5.74) is 0.925. The molecule has 2 aliphatic carbocycles. The average molecular weight is 311 g/mol. The number of carbonyl (C=O) groups excluding carboxylic acids is 1. The van der Waals surface area contributed by atoms with Crippen molar-refractivity contribution in [3.8, 4) is 0 Å². The van der Waals surface area contributed by atoms with Gasteiger partial charge in [0.25, 0.3) is 0 Å². The first-order valence-electron chi connectivity index (χ1n) is 9.34. The minimum absolute atomic E-state index is 0.157. The third-order valence-electron chi connectivity index (χ3n) is 5.64. The molecule has 0 unspecified atom stereocenters. The molecule has 1 saturated carbocycles. The Kier molecular flexibility index (Phi) is 5.53. The number of para-hydroxylation sites is 1. The Balaban J connectivity index is 1.73. The number of unbranched alkanes of at least 4 members (excludes halogenated alkanes) is 2. The highest BCUT2D eigenvalue weighted by molar-refractivity contribution is 5.93. The molecule has 2 nitrogen and oxygen atoms in total. The van der Waals surface area contributed by atoms with Crippen molar-refractivity contribution in [3.63, 3.8) is 0 Å². The zero-order valence-corrected chi connectivity index (χ0v) is 14.2. The molecule has 0 spiro atoms. The lowest BCUT2D eigenvalue weighted by atomic mass is 9.70. The number of nitrogens with one attached hydrogen (secondary N) is 1. The van der Waals surface area contributed by atoms with Gasteiger partial charge in [-0.3, -0.25) is 4.79 Å². The molecule has 0 aromatic heterocycles. The van der Waals surface area contributed by atoms with E-state index in [1.165, 1.54) is 38.5 Å². The van der Waals surface area contributed by atoms with Crippen molar-refractivity contribution >= 4 is 11.6 Å². The van der Waals surface area contributed by atoms with Gasteiger partial charge in [-0.2, -0.15) is 0 Å². The van der Waals surface area contributed by atoms with E-state index >= 15 is 0 Å². The molecule has 1 fully saturated rings. The number of amides is 1. The summed E-state index contributed by atoms with van der Waals surface area (Å²) in [6.07, 6.45) is 13.4. The summed E-state index contributed by atoms with van der Waals surface area (Å²) < 4.78 is 0. The van der Waals surface area contributed by atoms with Gasteiger partial charge in [-0.05, 0) is 49.1 Å². The fourth-order valence-corrected chi connectivity index (χ4v) is 4.47. The van der Waals surface area contributed by atoms with Crippen molar-refractivity contribution in [2.75, 3.05) is 5.32 Å². The molecule has 2 aliphatic rings. The van der Waals surface area contributed by atoms with Gasteiger partial charge in [0, 0.05) is 11.6 Å². The predicted molar refractivity (Wildman–Crippen MR) is 96.2 cm³/mol. The fourth-order valence-electron chi connectivity index (χ4n) is 4.47. The summed E-state index contributed by atoms with van der Waals surface area (Å²) in [7, 11) is 0. The maximum atomic E-state index is 13.0. The summed E-state index contributed by atoms with van der Waals surface area (Å²) in [5, 5.41) is 3.17. The van der Waals surface area contributed by atoms with Gasteiger partial charge in [0.15, 0.2) is 0 Å². The van der Waals surface area contributed by atoms with E-state index in [9.17, 15) is 4.79 Å². The normalized spacial score (nSPS) is 29.3. The molecule has 1 N–H and O–H groups in total. The van der Waals surface area contributed by atoms with Gasteiger partial charge >= 0.3 is 0 Å². The SMILES string of the molecule is CCCCC[C@@H]1C=C[C@@H]2CCC[C@@H]2[C@H]1C(=O)Nc1ccccc1. The second-order valence-electron chi connectivity index (χ2n) is 7.18. The van der Waals surface area contributed by atoms with Crippen LogP contribution >= 0.6 is 0 Å². The molecule has 0 radical (unpaired) electrons. The Morgan fingerprint density at radius 3 is 2.74 bits per heavy atom. The summed E-state index contributed by atoms with van der Waals surface area (Å²) in [6, 6.07) is 9.91. The second kappa shape index (κ2) is 7.81. The summed E-state index contributed by atoms with van der Waals surface area (Å²) in [6.45, 7) is 2.24. The monoisotopic (exact) mass is 311 g/mol. The molecule has 1 aromatic rings. The smallest absolute Gasteiger partial charge is 0.228 e. The largest absolute Gasteiger partial charge is 0.326 e. The van der Waals surface area contributed by atoms with Gasteiger partial charge in [0.2, 0.25) is 5.91 Å². The van der Waals surface area contributed by atoms with Gasteiger partial charge in [-0.1, -0.05) is 63.0 Å². The van der Waals surface area contributed by atoms with Crippen molar-refractivity contribution in [2.45, 2.75) is 51.9 Å². The zero-order chi connectivity index (χ0) is 16.1. The Hall–Kier alpha value is -1.57. The van der Waals surface area contributed by atoms with Crippen LogP contribution in [0, 0.1) is 23.7 Å². The highest BCUT2D eigenvalue weighted by atomic mass is 16.1. The fraction of sp³-hybridized carbons (Fsp3) is 0.571. The van der Waals surface area contributed by atoms with Gasteiger partial charge in [-0.25, -0.2) is 0 Å². The molecule has 1 amide bonds. The molecule has 0 bridgehead atoms. The van der Waals surface area contributed by atoms with E-state index in [1.807, 2.05) is 30.3 Å². The van der Waals surface area contributed by atoms with Crippen molar-refractivity contribution in [1.29, 1.82) is 0 Å². The number of rotatable bonds is 6. The summed E-state index contributed by atoms with van der Waals surface area (Å²) >= 11 is 0. The number of anilines is 1. The maximum absolute atomic E-state index is 13.0. The second-order valence-corrected chi connectivity index (χ2v) is 7.18. The van der Waals surface area contributed by atoms with Gasteiger partial charge < -0.3 is 5.32 Å². The first kappa shape index (κ1) is 16.3. The quantitative estimate of drug-likeness (QED) is 0.551. The van der Waals surface area contributed by atoms with E-state index in [-0.39, 0.29) is 11.8 Å². The highest BCUT2D eigenvalue weighted by Gasteiger charge is 2.42. The molecular weight excluding hydrogens is 282 g/mol. The first-order chi connectivity index (χ1) is 11.3. The van der Waals surface area contributed by atoms with E-state index in [0.717, 1.165) is 12.1 Å². The van der Waals surface area contributed by atoms with Gasteiger partial charge in [0.05, 0.1) is 0 Å². The molecular formula is C21H29NO. The number of benzene rings is 1. The minimum atomic E-state index is 0.157. The third kappa shape index (κ3) is 3.85. The minimum Gasteiger partial charge on any atom is -0.326 e. The molecule has 1 aromatic carbocycles. The van der Waals surface area contributed by atoms with E-state index in [1.54, 1.807) is 0 Å². The standard InChI is InChI=1S/C21H29NO/c1-2-3-5-9-17-15-14-16-10-8-13-19(16)20(17)21(23)22-18-11-6-4-7-12-18/h4,6-7,11-12,14-17,19-20H,2-3,5,8-10,13H2,1H3,(H,22,23)/t16-,17+,19-,20-/m0/s1. The van der Waals surface area contributed by atoms with Crippen molar-refractivity contribution in [1.82, 2.24) is 0 Å². The first-order valence-corrected chi connectivity index (χ1v) is 9.34. The topological polar surface area (TPSA) is 29.1 Å². The van der Waals surface area contributed by atoms with E-state index in [4.69, 9.17) is 0 Å². The van der Waals surface area contributed by atoms with Crippen LogP contribution in [0.15, 0.2) is 42.5 Å². The molecule has 0 heterocycles. The van der Waals surface area contributed by atoms with Crippen LogP contribution in [0.4, 0.5) is 5.69 Å². The van der Waals surface area contributed by atoms with Crippen LogP contribution in [0.2, 0.25) is 0 Å². The molecule has 3 rings (SSSR count). The molecule has 0 aliphatic heterocycles. The number of carbonyl (C=O) groups is 1. The summed E-state index contributed by atoms with van der Waals surface area (Å²) in [5.74, 6) is 1.99. The lowest BCUT2D eigenvalue weighted by Crippen LogP contribution is -2.38. The lowest BCUT2D eigenvalue weighted by Gasteiger charge is -2.35. The van der Waals surface area contributed by atoms with Crippen LogP contribution in [-0.2, 0) is 4.79 Å². The number of hydrogen-bond donors (Lipinski definition) is 1. The third-order valence-corrected chi connectivity index (χ3v) is 5.64. The Labute approximate surface area is 140 Å². The molecule has 0 saturated heterocycles. The Bertz CT molecular complexity index is 536. The predicted octanol–water partition coefficient (Wildman–Crippen LogP) is 5.42. The van der Waals surface area contributed by atoms with Gasteiger partial charge in [0.1, 0.15) is 0 Å². The number of allylic oxidation sites excluding steroid dienone is 2. The van der Waals surface area contributed by atoms with Crippen molar-refractivity contribution in [2.24, 2.45) is 23.7 Å². The van der Waals surface area contributed by atoms with Crippen LogP contribution in [0.25, 0.3) is 0 Å². The highest BCUT2D eigenvalue weighted by Crippen LogP contribution is 2.46. The van der Waals surface area contributed by atoms with Crippen molar-refractivity contribution in [3.05, 3.63) is 42.5 Å². The van der Waals surface area contributed by atoms with Crippen LogP contribution in [0.5, 0.6) is 0 Å². The average Bonchev–Trinajstić information content (AvgIpc) is 3.04. The molecule has 2 heteroatoms. The Morgan fingerprint density at radius 2 is 1.96 bits per heavy atom. The van der Waals surface area contributed by atoms with E-state index < -0.39 is 0 Å². The van der Waals surface area contributed by atoms with E-state index in [0.29, 0.717) is 17.8 Å². The van der Waals surface area contributed by atoms with Crippen LogP contribution < -0.4 is 5.32 Å². The molecule has 124 valence electrons. The number of fused-ring (bicyclic) bond motifs is 1. The molecule has 4 atom stereocenters. The van der Waals surface area contributed by atoms with E-state index in [2.05, 4.69) is 24.4 Å². The molecule has 23 heavy (non-hydrogen) atoms. The van der Waals surface area contributed by atoms with Crippen LogP contribution in [0.1, 0.15) is 51.9 Å². The number of hydrogen-bond acceptors (Lipinski definition) is 1. The van der Waals surface area contributed by atoms with Crippen LogP contribution in [0.3, 0.4) is 0 Å². The van der Waals surface area contributed by atoms with Crippen molar-refractivity contribution < 1.29 is 4.79 Å². The van der Waals surface area contributed by atoms with Crippen LogP contribution in [-0.4, -0.2) is 5.91 Å². The van der Waals surface area contributed by atoms with Gasteiger partial charge in [-0.15, -0.1) is 0 Å². The zero-order valence-electron chi connectivity index (χ0n) is 14.2. The lowest BCUT2D eigenvalue weighted by molar-refractivity contribution is -0.123. The summed E-state index contributed by atoms with van der Waals surface area (Å²) in [4.78, 5) is 13.0.